The lowest BCUT2D eigenvalue weighted by Gasteiger charge is -2.33. The van der Waals surface area contributed by atoms with E-state index in [1.807, 2.05) is 7.05 Å². The van der Waals surface area contributed by atoms with Gasteiger partial charge in [0.15, 0.2) is 0 Å². The summed E-state index contributed by atoms with van der Waals surface area (Å²) >= 11 is 0. The predicted octanol–water partition coefficient (Wildman–Crippen LogP) is 3.15. The molecule has 0 radical (unpaired) electrons. The van der Waals surface area contributed by atoms with Crippen molar-refractivity contribution in [3.05, 3.63) is 23.3 Å². The van der Waals surface area contributed by atoms with Crippen LogP contribution in [0.25, 0.3) is 0 Å². The van der Waals surface area contributed by atoms with Gasteiger partial charge in [-0.3, -0.25) is 4.79 Å². The summed E-state index contributed by atoms with van der Waals surface area (Å²) in [6, 6.07) is 3.45. The van der Waals surface area contributed by atoms with E-state index in [1.165, 1.54) is 17.1 Å². The molecular weight excluding hydrogens is 426 g/mol. The lowest BCUT2D eigenvalue weighted by molar-refractivity contribution is -0.130. The summed E-state index contributed by atoms with van der Waals surface area (Å²) < 4.78 is 32.8. The minimum Gasteiger partial charge on any atom is -0.497 e. The molecule has 2 atom stereocenters. The molecule has 8 heteroatoms. The number of aryl methyl sites for hydroxylation is 2. The molecule has 0 saturated heterocycles. The molecule has 1 saturated carbocycles. The molecular formula is C24H41N3O4S. The summed E-state index contributed by atoms with van der Waals surface area (Å²) in [4.78, 5) is 17.1. The Morgan fingerprint density at radius 2 is 1.59 bits per heavy atom. The second-order valence-electron chi connectivity index (χ2n) is 9.60. The first kappa shape index (κ1) is 26.6. The van der Waals surface area contributed by atoms with E-state index in [4.69, 9.17) is 4.74 Å². The van der Waals surface area contributed by atoms with Gasteiger partial charge in [-0.1, -0.05) is 6.42 Å². The maximum Gasteiger partial charge on any atom is 0.243 e. The Balaban J connectivity index is 1.94. The van der Waals surface area contributed by atoms with E-state index in [2.05, 4.69) is 19.0 Å². The van der Waals surface area contributed by atoms with E-state index in [0.717, 1.165) is 25.9 Å². The number of hydrogen-bond donors (Lipinski definition) is 0. The Morgan fingerprint density at radius 3 is 2.12 bits per heavy atom. The van der Waals surface area contributed by atoms with Gasteiger partial charge in [-0.2, -0.15) is 0 Å². The summed E-state index contributed by atoms with van der Waals surface area (Å²) in [5.41, 5.74) is 1.28. The number of carbonyl (C=O) groups is 1. The van der Waals surface area contributed by atoms with Gasteiger partial charge in [0.25, 0.3) is 0 Å². The highest BCUT2D eigenvalue weighted by molar-refractivity contribution is 7.89. The quantitative estimate of drug-likeness (QED) is 0.529. The van der Waals surface area contributed by atoms with Gasteiger partial charge < -0.3 is 14.5 Å². The predicted molar refractivity (Wildman–Crippen MR) is 129 cm³/mol. The Morgan fingerprint density at radius 1 is 1.03 bits per heavy atom. The third-order valence-electron chi connectivity index (χ3n) is 6.45. The van der Waals surface area contributed by atoms with Gasteiger partial charge >= 0.3 is 0 Å². The van der Waals surface area contributed by atoms with Crippen LogP contribution in [0.3, 0.4) is 0 Å². The Labute approximate surface area is 194 Å². The first-order valence-corrected chi connectivity index (χ1v) is 12.9. The van der Waals surface area contributed by atoms with Gasteiger partial charge in [0, 0.05) is 40.2 Å². The molecule has 0 N–H and O–H groups in total. The van der Waals surface area contributed by atoms with Crippen LogP contribution in [0.5, 0.6) is 5.75 Å². The fourth-order valence-corrected chi connectivity index (χ4v) is 6.47. The molecule has 182 valence electrons. The van der Waals surface area contributed by atoms with Crippen molar-refractivity contribution in [1.29, 1.82) is 0 Å². The van der Waals surface area contributed by atoms with Gasteiger partial charge in [-0.15, -0.1) is 0 Å². The number of carbonyl (C=O) groups excluding carboxylic acids is 1. The van der Waals surface area contributed by atoms with Gasteiger partial charge in [0.2, 0.25) is 15.9 Å². The van der Waals surface area contributed by atoms with Crippen molar-refractivity contribution < 1.29 is 17.9 Å². The molecule has 1 unspecified atom stereocenters. The third-order valence-corrected chi connectivity index (χ3v) is 8.61. The molecule has 0 spiro atoms. The Kier molecular flexibility index (Phi) is 9.54. The molecule has 0 heterocycles. The lowest BCUT2D eigenvalue weighted by atomic mass is 9.81. The molecule has 2 rings (SSSR count). The fraction of sp³-hybridized carbons (Fsp3) is 0.708. The van der Waals surface area contributed by atoms with Crippen LogP contribution in [0.4, 0.5) is 0 Å². The van der Waals surface area contributed by atoms with Crippen LogP contribution in [0.1, 0.15) is 43.2 Å². The molecule has 1 aromatic rings. The van der Waals surface area contributed by atoms with Crippen LogP contribution in [0.2, 0.25) is 0 Å². The fourth-order valence-electron chi connectivity index (χ4n) is 4.89. The van der Waals surface area contributed by atoms with Crippen molar-refractivity contribution in [2.75, 3.05) is 54.9 Å². The SMILES string of the molecule is COc1cc(C)c(S(=O)(=O)N(C)CCC(=O)N(C)CC2CCC[C@H](CN(C)C)C2)c(C)c1. The highest BCUT2D eigenvalue weighted by atomic mass is 32.2. The highest BCUT2D eigenvalue weighted by Crippen LogP contribution is 2.30. The van der Waals surface area contributed by atoms with Crippen molar-refractivity contribution in [2.45, 2.75) is 50.8 Å². The molecule has 1 amide bonds. The van der Waals surface area contributed by atoms with E-state index < -0.39 is 10.0 Å². The highest BCUT2D eigenvalue weighted by Gasteiger charge is 2.27. The minimum absolute atomic E-state index is 0.00930. The summed E-state index contributed by atoms with van der Waals surface area (Å²) in [6.07, 6.45) is 4.96. The smallest absolute Gasteiger partial charge is 0.243 e. The van der Waals surface area contributed by atoms with Crippen LogP contribution in [-0.4, -0.2) is 83.4 Å². The molecule has 1 aliphatic carbocycles. The lowest BCUT2D eigenvalue weighted by Crippen LogP contribution is -2.37. The van der Waals surface area contributed by atoms with Crippen molar-refractivity contribution in [3.63, 3.8) is 0 Å². The maximum atomic E-state index is 13.2. The topological polar surface area (TPSA) is 70.2 Å². The average Bonchev–Trinajstić information content (AvgIpc) is 2.70. The molecule has 0 bridgehead atoms. The normalized spacial score (nSPS) is 19.4. The van der Waals surface area contributed by atoms with E-state index in [9.17, 15) is 13.2 Å². The molecule has 1 aliphatic rings. The number of hydrogen-bond acceptors (Lipinski definition) is 5. The summed E-state index contributed by atoms with van der Waals surface area (Å²) in [6.45, 7) is 5.53. The molecule has 0 aromatic heterocycles. The Bertz CT molecular complexity index is 862. The number of benzene rings is 1. The van der Waals surface area contributed by atoms with Gasteiger partial charge in [0.1, 0.15) is 5.75 Å². The first-order valence-electron chi connectivity index (χ1n) is 11.5. The van der Waals surface area contributed by atoms with E-state index in [1.54, 1.807) is 45.0 Å². The second kappa shape index (κ2) is 11.5. The average molecular weight is 468 g/mol. The van der Waals surface area contributed by atoms with Crippen LogP contribution >= 0.6 is 0 Å². The van der Waals surface area contributed by atoms with E-state index >= 15 is 0 Å². The third kappa shape index (κ3) is 6.93. The monoisotopic (exact) mass is 467 g/mol. The van der Waals surface area contributed by atoms with E-state index in [0.29, 0.717) is 28.7 Å². The zero-order chi connectivity index (χ0) is 24.1. The number of methoxy groups -OCH3 is 1. The standard InChI is InChI=1S/C24H41N3O4S/c1-18-13-22(31-7)14-19(2)24(18)32(29,30)27(6)12-11-23(28)26(5)17-21-10-8-9-20(15-21)16-25(3)4/h13-14,20-21H,8-12,15-17H2,1-7H3/t20-,21?/m0/s1. The minimum atomic E-state index is -3.69. The maximum absolute atomic E-state index is 13.2. The van der Waals surface area contributed by atoms with Crippen LogP contribution in [-0.2, 0) is 14.8 Å². The summed E-state index contributed by atoms with van der Waals surface area (Å²) in [5.74, 6) is 1.84. The van der Waals surface area contributed by atoms with Crippen molar-refractivity contribution in [1.82, 2.24) is 14.1 Å². The van der Waals surface area contributed by atoms with E-state index in [-0.39, 0.29) is 23.8 Å². The molecule has 1 fully saturated rings. The van der Waals surface area contributed by atoms with Crippen molar-refractivity contribution in [2.24, 2.45) is 11.8 Å². The van der Waals surface area contributed by atoms with Crippen LogP contribution in [0, 0.1) is 25.7 Å². The number of sulfonamides is 1. The number of nitrogens with zero attached hydrogens (tertiary/aromatic N) is 3. The summed E-state index contributed by atoms with van der Waals surface area (Å²) in [7, 11) is 5.47. The summed E-state index contributed by atoms with van der Waals surface area (Å²) in [5, 5.41) is 0. The molecule has 32 heavy (non-hydrogen) atoms. The van der Waals surface area contributed by atoms with Gasteiger partial charge in [0.05, 0.1) is 12.0 Å². The number of rotatable bonds is 10. The number of amides is 1. The molecule has 7 nitrogen and oxygen atoms in total. The first-order chi connectivity index (χ1) is 14.9. The molecule has 0 aliphatic heterocycles. The zero-order valence-corrected chi connectivity index (χ0v) is 21.7. The number of ether oxygens (including phenoxy) is 1. The Hall–Kier alpha value is -1.64. The van der Waals surface area contributed by atoms with Crippen LogP contribution < -0.4 is 4.74 Å². The van der Waals surface area contributed by atoms with Gasteiger partial charge in [-0.05, 0) is 82.3 Å². The van der Waals surface area contributed by atoms with Gasteiger partial charge in [-0.25, -0.2) is 12.7 Å². The van der Waals surface area contributed by atoms with Crippen molar-refractivity contribution in [3.8, 4) is 5.75 Å². The largest absolute Gasteiger partial charge is 0.497 e. The molecule has 1 aromatic carbocycles. The second-order valence-corrected chi connectivity index (χ2v) is 11.6. The van der Waals surface area contributed by atoms with Crippen molar-refractivity contribution >= 4 is 15.9 Å². The zero-order valence-electron chi connectivity index (χ0n) is 20.8. The van der Waals surface area contributed by atoms with Crippen LogP contribution in [0.15, 0.2) is 17.0 Å².